The van der Waals surface area contributed by atoms with Crippen molar-refractivity contribution in [3.63, 3.8) is 0 Å². The molecule has 2 rings (SSSR count). The summed E-state index contributed by atoms with van der Waals surface area (Å²) in [6.07, 6.45) is 1.45. The molecule has 1 aromatic carbocycles. The van der Waals surface area contributed by atoms with E-state index < -0.39 is 5.91 Å². The van der Waals surface area contributed by atoms with Crippen molar-refractivity contribution in [3.8, 4) is 6.07 Å². The minimum atomic E-state index is -0.721. The molecule has 1 heterocycles. The molecule has 78 valence electrons. The van der Waals surface area contributed by atoms with E-state index in [1.54, 1.807) is 6.07 Å². The van der Waals surface area contributed by atoms with Crippen molar-refractivity contribution in [2.75, 3.05) is 0 Å². The van der Waals surface area contributed by atoms with Crippen LogP contribution in [0.1, 0.15) is 5.69 Å². The minimum Gasteiger partial charge on any atom is -0.365 e. The lowest BCUT2D eigenvalue weighted by molar-refractivity contribution is -0.114. The number of nitriles is 1. The number of hydrogen-bond acceptors (Lipinski definition) is 2. The number of para-hydroxylation sites is 1. The second kappa shape index (κ2) is 3.91. The summed E-state index contributed by atoms with van der Waals surface area (Å²) in [4.78, 5) is 13.9. The first-order valence-electron chi connectivity index (χ1n) is 4.70. The van der Waals surface area contributed by atoms with Gasteiger partial charge in [0.25, 0.3) is 5.91 Å². The average molecular weight is 211 g/mol. The zero-order valence-electron chi connectivity index (χ0n) is 8.40. The van der Waals surface area contributed by atoms with Gasteiger partial charge in [-0.05, 0) is 23.6 Å². The predicted molar refractivity (Wildman–Crippen MR) is 61.1 cm³/mol. The van der Waals surface area contributed by atoms with Crippen molar-refractivity contribution in [2.45, 2.75) is 0 Å². The average Bonchev–Trinajstić information content (AvgIpc) is 2.67. The molecule has 0 saturated heterocycles. The van der Waals surface area contributed by atoms with E-state index in [-0.39, 0.29) is 5.57 Å². The Morgan fingerprint density at radius 1 is 1.44 bits per heavy atom. The molecule has 1 amide bonds. The number of nitrogens with zero attached hydrogens (tertiary/aromatic N) is 1. The fourth-order valence-corrected chi connectivity index (χ4v) is 1.49. The second-order valence-electron chi connectivity index (χ2n) is 3.35. The van der Waals surface area contributed by atoms with Gasteiger partial charge in [0.15, 0.2) is 0 Å². The zero-order valence-corrected chi connectivity index (χ0v) is 8.40. The van der Waals surface area contributed by atoms with Crippen LogP contribution in [0.25, 0.3) is 17.0 Å². The van der Waals surface area contributed by atoms with Crippen LogP contribution in [0.4, 0.5) is 0 Å². The molecule has 1 aromatic heterocycles. The molecular weight excluding hydrogens is 202 g/mol. The van der Waals surface area contributed by atoms with Crippen LogP contribution in [0.2, 0.25) is 0 Å². The first-order chi connectivity index (χ1) is 7.70. The van der Waals surface area contributed by atoms with Crippen molar-refractivity contribution in [2.24, 2.45) is 5.73 Å². The van der Waals surface area contributed by atoms with Gasteiger partial charge in [-0.15, -0.1) is 0 Å². The van der Waals surface area contributed by atoms with Crippen molar-refractivity contribution in [3.05, 3.63) is 41.6 Å². The number of carbonyl (C=O) groups is 1. The van der Waals surface area contributed by atoms with E-state index in [1.807, 2.05) is 30.3 Å². The molecule has 0 aliphatic heterocycles. The van der Waals surface area contributed by atoms with Crippen LogP contribution in [0.5, 0.6) is 0 Å². The summed E-state index contributed by atoms with van der Waals surface area (Å²) in [5.74, 6) is -0.721. The summed E-state index contributed by atoms with van der Waals surface area (Å²) < 4.78 is 0. The number of rotatable bonds is 2. The van der Waals surface area contributed by atoms with Gasteiger partial charge < -0.3 is 10.7 Å². The molecular formula is C12H9N3O. The number of H-pyrrole nitrogens is 1. The van der Waals surface area contributed by atoms with Crippen molar-refractivity contribution in [1.29, 1.82) is 5.26 Å². The quantitative estimate of drug-likeness (QED) is 0.583. The van der Waals surface area contributed by atoms with Crippen molar-refractivity contribution >= 4 is 22.9 Å². The Hall–Kier alpha value is -2.54. The summed E-state index contributed by atoms with van der Waals surface area (Å²) in [7, 11) is 0. The Balaban J connectivity index is 2.49. The fourth-order valence-electron chi connectivity index (χ4n) is 1.49. The molecule has 0 bridgehead atoms. The highest BCUT2D eigenvalue weighted by Gasteiger charge is 2.04. The van der Waals surface area contributed by atoms with E-state index in [2.05, 4.69) is 4.98 Å². The Morgan fingerprint density at radius 2 is 2.19 bits per heavy atom. The Labute approximate surface area is 92.0 Å². The smallest absolute Gasteiger partial charge is 0.259 e. The summed E-state index contributed by atoms with van der Waals surface area (Å²) in [5.41, 5.74) is 6.63. The van der Waals surface area contributed by atoms with Crippen LogP contribution >= 0.6 is 0 Å². The van der Waals surface area contributed by atoms with Crippen LogP contribution in [0.15, 0.2) is 35.9 Å². The van der Waals surface area contributed by atoms with Gasteiger partial charge in [0.05, 0.1) is 0 Å². The van der Waals surface area contributed by atoms with Gasteiger partial charge >= 0.3 is 0 Å². The van der Waals surface area contributed by atoms with E-state index in [0.717, 1.165) is 10.9 Å². The summed E-state index contributed by atoms with van der Waals surface area (Å²) in [6.45, 7) is 0. The Kier molecular flexibility index (Phi) is 2.44. The van der Waals surface area contributed by atoms with Gasteiger partial charge in [0.1, 0.15) is 11.6 Å². The van der Waals surface area contributed by atoms with Crippen LogP contribution < -0.4 is 5.73 Å². The molecule has 0 aliphatic carbocycles. The normalized spacial score (nSPS) is 11.3. The number of aromatic amines is 1. The third kappa shape index (κ3) is 1.79. The lowest BCUT2D eigenvalue weighted by atomic mass is 10.2. The molecule has 0 radical (unpaired) electrons. The molecule has 0 aliphatic rings. The third-order valence-corrected chi connectivity index (χ3v) is 2.24. The highest BCUT2D eigenvalue weighted by molar-refractivity contribution is 6.00. The van der Waals surface area contributed by atoms with Crippen LogP contribution in [-0.2, 0) is 4.79 Å². The van der Waals surface area contributed by atoms with E-state index in [1.165, 1.54) is 6.08 Å². The molecule has 4 nitrogen and oxygen atoms in total. The van der Waals surface area contributed by atoms with Crippen molar-refractivity contribution in [1.82, 2.24) is 4.98 Å². The monoisotopic (exact) mass is 211 g/mol. The van der Waals surface area contributed by atoms with Gasteiger partial charge in [0, 0.05) is 11.2 Å². The van der Waals surface area contributed by atoms with Gasteiger partial charge in [-0.3, -0.25) is 4.79 Å². The number of aromatic nitrogens is 1. The first-order valence-corrected chi connectivity index (χ1v) is 4.70. The van der Waals surface area contributed by atoms with E-state index in [4.69, 9.17) is 11.0 Å². The predicted octanol–water partition coefficient (Wildman–Crippen LogP) is 1.56. The van der Waals surface area contributed by atoms with E-state index in [9.17, 15) is 4.79 Å². The molecule has 0 spiro atoms. The van der Waals surface area contributed by atoms with Gasteiger partial charge in [-0.25, -0.2) is 0 Å². The van der Waals surface area contributed by atoms with Crippen LogP contribution in [-0.4, -0.2) is 10.9 Å². The third-order valence-electron chi connectivity index (χ3n) is 2.24. The molecule has 0 unspecified atom stereocenters. The SMILES string of the molecule is N#CC(=Cc1cc2ccccc2[nH]1)C(N)=O. The Bertz CT molecular complexity index is 583. The maximum Gasteiger partial charge on any atom is 0.259 e. The van der Waals surface area contributed by atoms with Crippen molar-refractivity contribution < 1.29 is 4.79 Å². The molecule has 16 heavy (non-hydrogen) atoms. The number of benzene rings is 1. The number of carbonyl (C=O) groups excluding carboxylic acids is 1. The Morgan fingerprint density at radius 3 is 2.81 bits per heavy atom. The maximum atomic E-state index is 10.9. The topological polar surface area (TPSA) is 82.7 Å². The number of nitrogens with two attached hydrogens (primary N) is 1. The van der Waals surface area contributed by atoms with Gasteiger partial charge in [-0.1, -0.05) is 18.2 Å². The van der Waals surface area contributed by atoms with Crippen LogP contribution in [0.3, 0.4) is 0 Å². The largest absolute Gasteiger partial charge is 0.365 e. The summed E-state index contributed by atoms with van der Waals surface area (Å²) >= 11 is 0. The summed E-state index contributed by atoms with van der Waals surface area (Å²) in [5, 5.41) is 9.72. The van der Waals surface area contributed by atoms with E-state index >= 15 is 0 Å². The number of nitrogens with one attached hydrogen (secondary N) is 1. The lowest BCUT2D eigenvalue weighted by Crippen LogP contribution is -2.12. The minimum absolute atomic E-state index is 0.0634. The number of fused-ring (bicyclic) bond motifs is 1. The summed E-state index contributed by atoms with van der Waals surface area (Å²) in [6, 6.07) is 11.3. The number of primary amides is 1. The first kappa shape index (κ1) is 9.99. The molecule has 2 aromatic rings. The van der Waals surface area contributed by atoms with Gasteiger partial charge in [-0.2, -0.15) is 5.26 Å². The second-order valence-corrected chi connectivity index (χ2v) is 3.35. The molecule has 4 heteroatoms. The standard InChI is InChI=1S/C12H9N3O/c13-7-9(12(14)16)6-10-5-8-3-1-2-4-11(8)15-10/h1-6,15H,(H2,14,16). The highest BCUT2D eigenvalue weighted by Crippen LogP contribution is 2.16. The molecule has 3 N–H and O–H groups in total. The molecule has 0 fully saturated rings. The molecule has 0 atom stereocenters. The number of amides is 1. The fraction of sp³-hybridized carbons (Fsp3) is 0. The van der Waals surface area contributed by atoms with Gasteiger partial charge in [0.2, 0.25) is 0 Å². The highest BCUT2D eigenvalue weighted by atomic mass is 16.1. The lowest BCUT2D eigenvalue weighted by Gasteiger charge is -1.89. The number of hydrogen-bond donors (Lipinski definition) is 2. The maximum absolute atomic E-state index is 10.9. The van der Waals surface area contributed by atoms with E-state index in [0.29, 0.717) is 5.69 Å². The molecule has 0 saturated carbocycles. The zero-order chi connectivity index (χ0) is 11.5. The van der Waals surface area contributed by atoms with Crippen LogP contribution in [0, 0.1) is 11.3 Å².